The Hall–Kier alpha value is -1.28. The highest BCUT2D eigenvalue weighted by Gasteiger charge is 2.07. The topological polar surface area (TPSA) is 32.9 Å². The summed E-state index contributed by atoms with van der Waals surface area (Å²) in [4.78, 5) is 14.9. The van der Waals surface area contributed by atoms with E-state index in [1.54, 1.807) is 0 Å². The summed E-state index contributed by atoms with van der Waals surface area (Å²) >= 11 is 5.81. The minimum atomic E-state index is -0.0967. The fourth-order valence-corrected chi connectivity index (χ4v) is 1.91. The summed E-state index contributed by atoms with van der Waals surface area (Å²) in [5, 5.41) is 0.916. The Morgan fingerprint density at radius 3 is 2.88 bits per heavy atom. The van der Waals surface area contributed by atoms with Crippen molar-refractivity contribution in [3.8, 4) is 0 Å². The SMILES string of the molecule is CCC(C)c1ccc2[nH]cc(Cl)c(=O)c2c1. The zero-order valence-corrected chi connectivity index (χ0v) is 10.1. The molecular formula is C13H14ClNO. The molecule has 1 aromatic heterocycles. The van der Waals surface area contributed by atoms with Crippen LogP contribution in [0.15, 0.2) is 29.2 Å². The van der Waals surface area contributed by atoms with Gasteiger partial charge in [0.05, 0.1) is 0 Å². The average Bonchev–Trinajstić information content (AvgIpc) is 2.32. The smallest absolute Gasteiger partial charge is 0.207 e. The highest BCUT2D eigenvalue weighted by atomic mass is 35.5. The first-order valence-corrected chi connectivity index (χ1v) is 5.82. The fraction of sp³-hybridized carbons (Fsp3) is 0.308. The lowest BCUT2D eigenvalue weighted by molar-refractivity contribution is 0.734. The normalized spacial score (nSPS) is 12.9. The highest BCUT2D eigenvalue weighted by molar-refractivity contribution is 6.31. The second-order valence-corrected chi connectivity index (χ2v) is 4.49. The number of aromatic nitrogens is 1. The molecule has 2 nitrogen and oxygen atoms in total. The molecule has 1 heterocycles. The second-order valence-electron chi connectivity index (χ2n) is 4.08. The van der Waals surface area contributed by atoms with Gasteiger partial charge in [0.1, 0.15) is 5.02 Å². The molecule has 3 heteroatoms. The zero-order chi connectivity index (χ0) is 11.7. The number of H-pyrrole nitrogens is 1. The molecule has 0 saturated carbocycles. The molecule has 0 amide bonds. The van der Waals surface area contributed by atoms with Crippen molar-refractivity contribution in [3.05, 3.63) is 45.2 Å². The maximum Gasteiger partial charge on any atom is 0.207 e. The van der Waals surface area contributed by atoms with E-state index < -0.39 is 0 Å². The van der Waals surface area contributed by atoms with Crippen LogP contribution in [0.1, 0.15) is 31.7 Å². The summed E-state index contributed by atoms with van der Waals surface area (Å²) in [5.74, 6) is 0.461. The van der Waals surface area contributed by atoms with Gasteiger partial charge in [0.15, 0.2) is 0 Å². The number of hydrogen-bond donors (Lipinski definition) is 1. The number of rotatable bonds is 2. The maximum atomic E-state index is 11.8. The Morgan fingerprint density at radius 2 is 2.19 bits per heavy atom. The van der Waals surface area contributed by atoms with E-state index in [1.807, 2.05) is 12.1 Å². The number of aromatic amines is 1. The highest BCUT2D eigenvalue weighted by Crippen LogP contribution is 2.21. The third-order valence-corrected chi connectivity index (χ3v) is 3.32. The number of nitrogens with one attached hydrogen (secondary N) is 1. The van der Waals surface area contributed by atoms with Crippen LogP contribution in [0.5, 0.6) is 0 Å². The van der Waals surface area contributed by atoms with Gasteiger partial charge < -0.3 is 4.98 Å². The van der Waals surface area contributed by atoms with Gasteiger partial charge >= 0.3 is 0 Å². The molecule has 2 rings (SSSR count). The van der Waals surface area contributed by atoms with Gasteiger partial charge in [-0.2, -0.15) is 0 Å². The van der Waals surface area contributed by atoms with Gasteiger partial charge in [-0.25, -0.2) is 0 Å². The standard InChI is InChI=1S/C13H14ClNO/c1-3-8(2)9-4-5-12-10(6-9)13(16)11(14)7-15-12/h4-8H,3H2,1-2H3,(H,15,16). The van der Waals surface area contributed by atoms with E-state index in [1.165, 1.54) is 11.8 Å². The summed E-state index contributed by atoms with van der Waals surface area (Å²) in [6.07, 6.45) is 2.60. The third-order valence-electron chi connectivity index (χ3n) is 3.04. The van der Waals surface area contributed by atoms with Gasteiger partial charge in [-0.3, -0.25) is 4.79 Å². The molecule has 0 aliphatic carbocycles. The van der Waals surface area contributed by atoms with E-state index in [0.717, 1.165) is 11.9 Å². The number of benzene rings is 1. The Bertz CT molecular complexity index is 574. The lowest BCUT2D eigenvalue weighted by Crippen LogP contribution is -2.04. The summed E-state index contributed by atoms with van der Waals surface area (Å²) < 4.78 is 0. The van der Waals surface area contributed by atoms with Crippen LogP contribution in [0.4, 0.5) is 0 Å². The first kappa shape index (κ1) is 11.2. The predicted molar refractivity (Wildman–Crippen MR) is 68.3 cm³/mol. The minimum Gasteiger partial charge on any atom is -0.360 e. The number of pyridine rings is 1. The molecule has 84 valence electrons. The molecule has 0 bridgehead atoms. The van der Waals surface area contributed by atoms with Gasteiger partial charge in [0.2, 0.25) is 5.43 Å². The van der Waals surface area contributed by atoms with Crippen molar-refractivity contribution in [1.82, 2.24) is 4.98 Å². The first-order chi connectivity index (χ1) is 7.63. The van der Waals surface area contributed by atoms with Gasteiger partial charge in [-0.05, 0) is 30.0 Å². The van der Waals surface area contributed by atoms with Crippen LogP contribution in [0.25, 0.3) is 10.9 Å². The van der Waals surface area contributed by atoms with Crippen molar-refractivity contribution in [3.63, 3.8) is 0 Å². The first-order valence-electron chi connectivity index (χ1n) is 5.44. The van der Waals surface area contributed by atoms with Crippen molar-refractivity contribution in [1.29, 1.82) is 0 Å². The zero-order valence-electron chi connectivity index (χ0n) is 9.38. The molecule has 0 radical (unpaired) electrons. The molecule has 1 atom stereocenters. The lowest BCUT2D eigenvalue weighted by atomic mass is 9.97. The number of halogens is 1. The monoisotopic (exact) mass is 235 g/mol. The number of hydrogen-bond acceptors (Lipinski definition) is 1. The lowest BCUT2D eigenvalue weighted by Gasteiger charge is -2.09. The molecule has 0 saturated heterocycles. The predicted octanol–water partition coefficient (Wildman–Crippen LogP) is 3.70. The van der Waals surface area contributed by atoms with E-state index >= 15 is 0 Å². The van der Waals surface area contributed by atoms with E-state index in [2.05, 4.69) is 24.9 Å². The molecular weight excluding hydrogens is 222 g/mol. The van der Waals surface area contributed by atoms with Crippen molar-refractivity contribution < 1.29 is 0 Å². The van der Waals surface area contributed by atoms with Gasteiger partial charge in [0.25, 0.3) is 0 Å². The van der Waals surface area contributed by atoms with E-state index in [9.17, 15) is 4.79 Å². The van der Waals surface area contributed by atoms with E-state index in [0.29, 0.717) is 11.3 Å². The maximum absolute atomic E-state index is 11.8. The fourth-order valence-electron chi connectivity index (χ4n) is 1.75. The Morgan fingerprint density at radius 1 is 1.44 bits per heavy atom. The van der Waals surface area contributed by atoms with Gasteiger partial charge in [0, 0.05) is 17.1 Å². The van der Waals surface area contributed by atoms with Crippen LogP contribution in [0.2, 0.25) is 5.02 Å². The van der Waals surface area contributed by atoms with Crippen LogP contribution in [-0.4, -0.2) is 4.98 Å². The summed E-state index contributed by atoms with van der Waals surface area (Å²) in [7, 11) is 0. The molecule has 16 heavy (non-hydrogen) atoms. The van der Waals surface area contributed by atoms with Crippen LogP contribution < -0.4 is 5.43 Å². The van der Waals surface area contributed by atoms with Crippen molar-refractivity contribution in [2.24, 2.45) is 0 Å². The van der Waals surface area contributed by atoms with Crippen molar-refractivity contribution in [2.45, 2.75) is 26.2 Å². The van der Waals surface area contributed by atoms with Gasteiger partial charge in [-0.15, -0.1) is 0 Å². The quantitative estimate of drug-likeness (QED) is 0.846. The number of fused-ring (bicyclic) bond motifs is 1. The Balaban J connectivity index is 2.69. The molecule has 0 spiro atoms. The molecule has 1 N–H and O–H groups in total. The van der Waals surface area contributed by atoms with Gasteiger partial charge in [-0.1, -0.05) is 31.5 Å². The van der Waals surface area contributed by atoms with Crippen LogP contribution >= 0.6 is 11.6 Å². The minimum absolute atomic E-state index is 0.0967. The largest absolute Gasteiger partial charge is 0.360 e. The molecule has 0 aliphatic heterocycles. The second kappa shape index (κ2) is 4.30. The van der Waals surface area contributed by atoms with E-state index in [-0.39, 0.29) is 10.5 Å². The van der Waals surface area contributed by atoms with Crippen molar-refractivity contribution >= 4 is 22.5 Å². The summed E-state index contributed by atoms with van der Waals surface area (Å²) in [6, 6.07) is 5.93. The van der Waals surface area contributed by atoms with Crippen LogP contribution in [0, 0.1) is 0 Å². The molecule has 2 aromatic rings. The third kappa shape index (κ3) is 1.85. The molecule has 1 unspecified atom stereocenters. The summed E-state index contributed by atoms with van der Waals surface area (Å²) in [5.41, 5.74) is 1.92. The molecule has 0 aliphatic rings. The van der Waals surface area contributed by atoms with E-state index in [4.69, 9.17) is 11.6 Å². The van der Waals surface area contributed by atoms with Crippen LogP contribution in [-0.2, 0) is 0 Å². The molecule has 1 aromatic carbocycles. The molecule has 0 fully saturated rings. The Labute approximate surface area is 99.3 Å². The average molecular weight is 236 g/mol. The van der Waals surface area contributed by atoms with Crippen LogP contribution in [0.3, 0.4) is 0 Å². The van der Waals surface area contributed by atoms with Crippen molar-refractivity contribution in [2.75, 3.05) is 0 Å². The Kier molecular flexibility index (Phi) is 3.01. The summed E-state index contributed by atoms with van der Waals surface area (Å²) in [6.45, 7) is 4.29.